The Kier molecular flexibility index (Phi) is 6.82. The van der Waals surface area contributed by atoms with Gasteiger partial charge < -0.3 is 15.8 Å². The fraction of sp³-hybridized carbons (Fsp3) is 0.533. The van der Waals surface area contributed by atoms with Crippen molar-refractivity contribution in [2.45, 2.75) is 39.3 Å². The highest BCUT2D eigenvalue weighted by Crippen LogP contribution is 2.24. The van der Waals surface area contributed by atoms with E-state index in [1.807, 2.05) is 39.0 Å². The molecule has 20 heavy (non-hydrogen) atoms. The number of carbonyl (C=O) groups excluding carboxylic acids is 1. The summed E-state index contributed by atoms with van der Waals surface area (Å²) in [6, 6.07) is 7.14. The van der Waals surface area contributed by atoms with Gasteiger partial charge in [-0.1, -0.05) is 37.6 Å². The van der Waals surface area contributed by atoms with Gasteiger partial charge in [0.2, 0.25) is 5.91 Å². The maximum atomic E-state index is 11.9. The number of hydrogen-bond donors (Lipinski definition) is 2. The van der Waals surface area contributed by atoms with Crippen LogP contribution in [0.25, 0.3) is 0 Å². The minimum Gasteiger partial charge on any atom is -0.487 e. The number of nitrogens with one attached hydrogen (secondary N) is 1. The molecule has 0 aliphatic rings. The van der Waals surface area contributed by atoms with Crippen molar-refractivity contribution in [2.24, 2.45) is 11.7 Å². The van der Waals surface area contributed by atoms with Crippen molar-refractivity contribution in [3.8, 4) is 5.75 Å². The molecule has 1 aromatic carbocycles. The van der Waals surface area contributed by atoms with E-state index in [2.05, 4.69) is 5.32 Å². The maximum absolute atomic E-state index is 11.9. The van der Waals surface area contributed by atoms with Gasteiger partial charge in [0.25, 0.3) is 0 Å². The van der Waals surface area contributed by atoms with Crippen LogP contribution in [0.15, 0.2) is 24.3 Å². The molecular formula is C15H23ClN2O2. The molecule has 1 rings (SSSR count). The summed E-state index contributed by atoms with van der Waals surface area (Å²) in [5, 5.41) is 3.44. The zero-order chi connectivity index (χ0) is 15.1. The molecule has 0 heterocycles. The predicted octanol–water partition coefficient (Wildman–Crippen LogP) is 2.60. The average molecular weight is 299 g/mol. The van der Waals surface area contributed by atoms with Gasteiger partial charge in [0, 0.05) is 12.0 Å². The van der Waals surface area contributed by atoms with Crippen LogP contribution in [0.2, 0.25) is 5.02 Å². The first-order chi connectivity index (χ1) is 9.45. The molecule has 1 aromatic rings. The van der Waals surface area contributed by atoms with Gasteiger partial charge in [0.05, 0.1) is 11.6 Å². The molecule has 0 aliphatic carbocycles. The molecule has 112 valence electrons. The molecule has 3 atom stereocenters. The molecule has 5 heteroatoms. The molecule has 0 radical (unpaired) electrons. The highest BCUT2D eigenvalue weighted by atomic mass is 35.5. The monoisotopic (exact) mass is 298 g/mol. The third kappa shape index (κ3) is 5.02. The van der Waals surface area contributed by atoms with Crippen LogP contribution in [0.5, 0.6) is 5.75 Å². The Balaban J connectivity index is 2.52. The molecule has 0 aliphatic heterocycles. The number of benzene rings is 1. The summed E-state index contributed by atoms with van der Waals surface area (Å²) in [6.45, 7) is 6.08. The minimum atomic E-state index is -0.215. The standard InChI is InChI=1S/C15H23ClN2O2/c1-4-12(9-18-15(19)10(2)11(3)17)20-14-8-6-5-7-13(14)16/h5-8,10-12H,4,9,17H2,1-3H3,(H,18,19). The molecular weight excluding hydrogens is 276 g/mol. The van der Waals surface area contributed by atoms with E-state index in [9.17, 15) is 4.79 Å². The first-order valence-electron chi connectivity index (χ1n) is 6.90. The van der Waals surface area contributed by atoms with Crippen molar-refractivity contribution in [1.29, 1.82) is 0 Å². The van der Waals surface area contributed by atoms with Gasteiger partial charge in [-0.25, -0.2) is 0 Å². The van der Waals surface area contributed by atoms with E-state index in [0.717, 1.165) is 6.42 Å². The van der Waals surface area contributed by atoms with Gasteiger partial charge in [0.15, 0.2) is 0 Å². The van der Waals surface area contributed by atoms with Gasteiger partial charge in [0.1, 0.15) is 11.9 Å². The van der Waals surface area contributed by atoms with Crippen LogP contribution < -0.4 is 15.8 Å². The van der Waals surface area contributed by atoms with Crippen LogP contribution in [-0.2, 0) is 4.79 Å². The lowest BCUT2D eigenvalue weighted by molar-refractivity contribution is -0.125. The van der Waals surface area contributed by atoms with Gasteiger partial charge in [-0.3, -0.25) is 4.79 Å². The van der Waals surface area contributed by atoms with Crippen LogP contribution in [0, 0.1) is 5.92 Å². The van der Waals surface area contributed by atoms with E-state index in [1.54, 1.807) is 6.07 Å². The fourth-order valence-electron chi connectivity index (χ4n) is 1.60. The lowest BCUT2D eigenvalue weighted by Crippen LogP contribution is -2.42. The summed E-state index contributed by atoms with van der Waals surface area (Å²) >= 11 is 6.05. The summed E-state index contributed by atoms with van der Waals surface area (Å²) in [4.78, 5) is 11.9. The Labute approximate surface area is 125 Å². The van der Waals surface area contributed by atoms with Gasteiger partial charge in [-0.15, -0.1) is 0 Å². The summed E-state index contributed by atoms with van der Waals surface area (Å²) < 4.78 is 5.81. The van der Waals surface area contributed by atoms with E-state index < -0.39 is 0 Å². The highest BCUT2D eigenvalue weighted by Gasteiger charge is 2.18. The number of rotatable bonds is 7. The molecule has 0 saturated heterocycles. The number of halogens is 1. The fourth-order valence-corrected chi connectivity index (χ4v) is 1.78. The van der Waals surface area contributed by atoms with Crippen molar-refractivity contribution in [3.05, 3.63) is 29.3 Å². The van der Waals surface area contributed by atoms with Gasteiger partial charge in [-0.05, 0) is 25.5 Å². The van der Waals surface area contributed by atoms with Crippen molar-refractivity contribution >= 4 is 17.5 Å². The molecule has 0 saturated carbocycles. The van der Waals surface area contributed by atoms with Crippen molar-refractivity contribution in [2.75, 3.05) is 6.54 Å². The Bertz CT molecular complexity index is 438. The van der Waals surface area contributed by atoms with Crippen LogP contribution in [-0.4, -0.2) is 24.6 Å². The van der Waals surface area contributed by atoms with Gasteiger partial charge in [-0.2, -0.15) is 0 Å². The average Bonchev–Trinajstić information content (AvgIpc) is 2.43. The van der Waals surface area contributed by atoms with Crippen LogP contribution in [0.4, 0.5) is 0 Å². The molecule has 0 spiro atoms. The molecule has 1 amide bonds. The van der Waals surface area contributed by atoms with Crippen molar-refractivity contribution < 1.29 is 9.53 Å². The Morgan fingerprint density at radius 3 is 2.60 bits per heavy atom. The third-order valence-corrected chi connectivity index (χ3v) is 3.60. The maximum Gasteiger partial charge on any atom is 0.224 e. The largest absolute Gasteiger partial charge is 0.487 e. The lowest BCUT2D eigenvalue weighted by Gasteiger charge is -2.21. The first kappa shape index (κ1) is 16.8. The number of amides is 1. The summed E-state index contributed by atoms with van der Waals surface area (Å²) in [7, 11) is 0. The third-order valence-electron chi connectivity index (χ3n) is 3.29. The van der Waals surface area contributed by atoms with Crippen LogP contribution >= 0.6 is 11.6 Å². The molecule has 3 N–H and O–H groups in total. The number of carbonyl (C=O) groups is 1. The Morgan fingerprint density at radius 1 is 1.40 bits per heavy atom. The van der Waals surface area contributed by atoms with Crippen molar-refractivity contribution in [3.63, 3.8) is 0 Å². The Morgan fingerprint density at radius 2 is 2.05 bits per heavy atom. The van der Waals surface area contributed by atoms with Crippen LogP contribution in [0.1, 0.15) is 27.2 Å². The van der Waals surface area contributed by atoms with E-state index in [-0.39, 0.29) is 24.0 Å². The normalized spacial score (nSPS) is 15.2. The SMILES string of the molecule is CCC(CNC(=O)C(C)C(C)N)Oc1ccccc1Cl. The number of hydrogen-bond acceptors (Lipinski definition) is 3. The van der Waals surface area contributed by atoms with E-state index in [1.165, 1.54) is 0 Å². The zero-order valence-electron chi connectivity index (χ0n) is 12.2. The van der Waals surface area contributed by atoms with E-state index >= 15 is 0 Å². The molecule has 0 bridgehead atoms. The Hall–Kier alpha value is -1.26. The summed E-state index contributed by atoms with van der Waals surface area (Å²) in [5.74, 6) is 0.365. The second-order valence-corrected chi connectivity index (χ2v) is 5.38. The van der Waals surface area contributed by atoms with E-state index in [0.29, 0.717) is 17.3 Å². The summed E-state index contributed by atoms with van der Waals surface area (Å²) in [6.07, 6.45) is 0.664. The molecule has 0 aromatic heterocycles. The quantitative estimate of drug-likeness (QED) is 0.813. The number of ether oxygens (including phenoxy) is 1. The molecule has 0 fully saturated rings. The topological polar surface area (TPSA) is 64.4 Å². The number of nitrogens with two attached hydrogens (primary N) is 1. The molecule has 4 nitrogen and oxygen atoms in total. The summed E-state index contributed by atoms with van der Waals surface area (Å²) in [5.41, 5.74) is 5.71. The van der Waals surface area contributed by atoms with Crippen LogP contribution in [0.3, 0.4) is 0 Å². The first-order valence-corrected chi connectivity index (χ1v) is 7.28. The zero-order valence-corrected chi connectivity index (χ0v) is 13.0. The lowest BCUT2D eigenvalue weighted by atomic mass is 10.0. The smallest absolute Gasteiger partial charge is 0.224 e. The van der Waals surface area contributed by atoms with Crippen molar-refractivity contribution in [1.82, 2.24) is 5.32 Å². The predicted molar refractivity (Wildman–Crippen MR) is 82.0 cm³/mol. The van der Waals surface area contributed by atoms with Gasteiger partial charge >= 0.3 is 0 Å². The molecule has 3 unspecified atom stereocenters. The second kappa shape index (κ2) is 8.12. The minimum absolute atomic E-state index is 0.0544. The second-order valence-electron chi connectivity index (χ2n) is 4.97. The number of para-hydroxylation sites is 1. The highest BCUT2D eigenvalue weighted by molar-refractivity contribution is 6.32. The van der Waals surface area contributed by atoms with E-state index in [4.69, 9.17) is 22.1 Å².